The van der Waals surface area contributed by atoms with Crippen LogP contribution in [0.15, 0.2) is 18.2 Å². The molecule has 1 unspecified atom stereocenters. The lowest BCUT2D eigenvalue weighted by molar-refractivity contribution is -0.210. The van der Waals surface area contributed by atoms with Crippen molar-refractivity contribution >= 4 is 0 Å². The highest BCUT2D eigenvalue weighted by molar-refractivity contribution is 5.29. The van der Waals surface area contributed by atoms with Crippen LogP contribution in [0.4, 0.5) is 17.6 Å². The van der Waals surface area contributed by atoms with Crippen molar-refractivity contribution in [3.63, 3.8) is 0 Å². The summed E-state index contributed by atoms with van der Waals surface area (Å²) < 4.78 is 54.2. The summed E-state index contributed by atoms with van der Waals surface area (Å²) in [6.07, 6.45) is -7.41. The molecule has 0 bridgehead atoms. The van der Waals surface area contributed by atoms with Gasteiger partial charge >= 0.3 is 6.18 Å². The molecule has 108 valence electrons. The van der Waals surface area contributed by atoms with Crippen LogP contribution in [0.25, 0.3) is 0 Å². The van der Waals surface area contributed by atoms with Crippen molar-refractivity contribution in [3.05, 3.63) is 29.6 Å². The second kappa shape index (κ2) is 6.72. The van der Waals surface area contributed by atoms with Gasteiger partial charge in [0, 0.05) is 6.54 Å². The molecule has 0 spiro atoms. The Morgan fingerprint density at radius 3 is 2.58 bits per heavy atom. The lowest BCUT2D eigenvalue weighted by Gasteiger charge is -2.15. The number of ether oxygens (including phenoxy) is 1. The Kier molecular flexibility index (Phi) is 5.56. The first-order valence-electron chi connectivity index (χ1n) is 5.71. The maximum Gasteiger partial charge on any atom is 0.417 e. The van der Waals surface area contributed by atoms with Crippen LogP contribution in [-0.4, -0.2) is 30.5 Å². The Bertz CT molecular complexity index is 409. The third kappa shape index (κ3) is 5.04. The molecule has 2 N–H and O–H groups in total. The maximum absolute atomic E-state index is 13.5. The van der Waals surface area contributed by atoms with E-state index < -0.39 is 24.7 Å². The van der Waals surface area contributed by atoms with Crippen LogP contribution in [0.2, 0.25) is 0 Å². The van der Waals surface area contributed by atoms with Crippen molar-refractivity contribution in [1.29, 1.82) is 0 Å². The predicted molar refractivity (Wildman–Crippen MR) is 61.3 cm³/mol. The quantitative estimate of drug-likeness (QED) is 0.786. The van der Waals surface area contributed by atoms with Crippen molar-refractivity contribution < 1.29 is 27.4 Å². The third-order valence-corrected chi connectivity index (χ3v) is 2.35. The molecule has 19 heavy (non-hydrogen) atoms. The molecule has 0 aliphatic carbocycles. The van der Waals surface area contributed by atoms with Gasteiger partial charge in [0.25, 0.3) is 0 Å². The average molecular weight is 281 g/mol. The van der Waals surface area contributed by atoms with E-state index in [0.717, 1.165) is 6.54 Å². The molecular weight excluding hydrogens is 266 g/mol. The number of hydrogen-bond donors (Lipinski definition) is 2. The molecule has 0 heterocycles. The molecule has 0 radical (unpaired) electrons. The lowest BCUT2D eigenvalue weighted by Crippen LogP contribution is -2.34. The zero-order valence-electron chi connectivity index (χ0n) is 10.3. The fourth-order valence-corrected chi connectivity index (χ4v) is 1.30. The maximum atomic E-state index is 13.5. The van der Waals surface area contributed by atoms with E-state index in [-0.39, 0.29) is 5.75 Å². The molecule has 3 nitrogen and oxygen atoms in total. The Morgan fingerprint density at radius 2 is 2.05 bits per heavy atom. The highest BCUT2D eigenvalue weighted by atomic mass is 19.4. The molecule has 0 aliphatic heterocycles. The molecule has 7 heteroatoms. The normalized spacial score (nSPS) is 13.4. The van der Waals surface area contributed by atoms with E-state index in [1.165, 1.54) is 12.1 Å². The van der Waals surface area contributed by atoms with Crippen LogP contribution in [0.3, 0.4) is 0 Å². The second-order valence-corrected chi connectivity index (χ2v) is 3.91. The van der Waals surface area contributed by atoms with Crippen LogP contribution in [0.1, 0.15) is 12.5 Å². The predicted octanol–water partition coefficient (Wildman–Crippen LogP) is 2.24. The van der Waals surface area contributed by atoms with E-state index in [1.807, 2.05) is 6.92 Å². The minimum atomic E-state index is -4.78. The number of aliphatic hydroxyl groups excluding tert-OH is 1. The Hall–Kier alpha value is -1.34. The van der Waals surface area contributed by atoms with Crippen molar-refractivity contribution in [2.24, 2.45) is 0 Å². The van der Waals surface area contributed by atoms with Gasteiger partial charge in [-0.05, 0) is 24.2 Å². The molecular formula is C12H15F4NO2. The van der Waals surface area contributed by atoms with Gasteiger partial charge in [0.15, 0.2) is 17.7 Å². The van der Waals surface area contributed by atoms with E-state index in [0.29, 0.717) is 12.1 Å². The SMILES string of the molecule is CCNCc1ccc(OCC(O)C(F)(F)F)c(F)c1. The molecule has 0 saturated heterocycles. The Labute approximate surface area is 108 Å². The van der Waals surface area contributed by atoms with E-state index in [4.69, 9.17) is 5.11 Å². The zero-order valence-corrected chi connectivity index (χ0v) is 10.3. The summed E-state index contributed by atoms with van der Waals surface area (Å²) in [5, 5.41) is 11.7. The Morgan fingerprint density at radius 1 is 1.37 bits per heavy atom. The van der Waals surface area contributed by atoms with E-state index in [2.05, 4.69) is 10.1 Å². The molecule has 0 saturated carbocycles. The highest BCUT2D eigenvalue weighted by Crippen LogP contribution is 2.23. The third-order valence-electron chi connectivity index (χ3n) is 2.35. The number of alkyl halides is 3. The van der Waals surface area contributed by atoms with Crippen LogP contribution < -0.4 is 10.1 Å². The summed E-state index contributed by atoms with van der Waals surface area (Å²) in [4.78, 5) is 0. The van der Waals surface area contributed by atoms with Crippen molar-refractivity contribution in [1.82, 2.24) is 5.32 Å². The minimum Gasteiger partial charge on any atom is -0.487 e. The summed E-state index contributed by atoms with van der Waals surface area (Å²) >= 11 is 0. The van der Waals surface area contributed by atoms with Crippen LogP contribution in [0.5, 0.6) is 5.75 Å². The Balaban J connectivity index is 2.60. The first-order valence-corrected chi connectivity index (χ1v) is 5.71. The van der Waals surface area contributed by atoms with Crippen molar-refractivity contribution in [2.75, 3.05) is 13.2 Å². The fraction of sp³-hybridized carbons (Fsp3) is 0.500. The van der Waals surface area contributed by atoms with Crippen molar-refractivity contribution in [2.45, 2.75) is 25.7 Å². The molecule has 0 aliphatic rings. The number of halogens is 4. The second-order valence-electron chi connectivity index (χ2n) is 3.91. The van der Waals surface area contributed by atoms with Gasteiger partial charge in [-0.3, -0.25) is 0 Å². The summed E-state index contributed by atoms with van der Waals surface area (Å²) in [7, 11) is 0. The van der Waals surface area contributed by atoms with Crippen LogP contribution in [-0.2, 0) is 6.54 Å². The van der Waals surface area contributed by atoms with Gasteiger partial charge in [-0.1, -0.05) is 13.0 Å². The number of benzene rings is 1. The first-order chi connectivity index (χ1) is 8.84. The molecule has 1 rings (SSSR count). The lowest BCUT2D eigenvalue weighted by atomic mass is 10.2. The zero-order chi connectivity index (χ0) is 14.5. The van der Waals surface area contributed by atoms with Gasteiger partial charge in [0.1, 0.15) is 6.61 Å². The molecule has 1 aromatic carbocycles. The average Bonchev–Trinajstić information content (AvgIpc) is 2.33. The largest absolute Gasteiger partial charge is 0.487 e. The first kappa shape index (κ1) is 15.7. The number of hydrogen-bond acceptors (Lipinski definition) is 3. The van der Waals surface area contributed by atoms with Crippen LogP contribution in [0, 0.1) is 5.82 Å². The topological polar surface area (TPSA) is 41.5 Å². The summed E-state index contributed by atoms with van der Waals surface area (Å²) in [5.74, 6) is -1.08. The van der Waals surface area contributed by atoms with E-state index >= 15 is 0 Å². The van der Waals surface area contributed by atoms with Crippen molar-refractivity contribution in [3.8, 4) is 5.75 Å². The molecule has 1 aromatic rings. The molecule has 0 aromatic heterocycles. The van der Waals surface area contributed by atoms with E-state index in [9.17, 15) is 17.6 Å². The van der Waals surface area contributed by atoms with Gasteiger partial charge < -0.3 is 15.2 Å². The summed E-state index contributed by atoms with van der Waals surface area (Å²) in [5.41, 5.74) is 0.656. The van der Waals surface area contributed by atoms with Gasteiger partial charge in [0.2, 0.25) is 0 Å². The van der Waals surface area contributed by atoms with Gasteiger partial charge in [-0.2, -0.15) is 13.2 Å². The highest BCUT2D eigenvalue weighted by Gasteiger charge is 2.38. The van der Waals surface area contributed by atoms with E-state index in [1.54, 1.807) is 6.07 Å². The fourth-order valence-electron chi connectivity index (χ4n) is 1.30. The van der Waals surface area contributed by atoms with Gasteiger partial charge in [0.05, 0.1) is 0 Å². The minimum absolute atomic E-state index is 0.316. The standard InChI is InChI=1S/C12H15F4NO2/c1-2-17-6-8-3-4-10(9(13)5-8)19-7-11(18)12(14,15)16/h3-5,11,17-18H,2,6-7H2,1H3. The molecule has 0 amide bonds. The number of nitrogens with one attached hydrogen (secondary N) is 1. The van der Waals surface area contributed by atoms with Gasteiger partial charge in [-0.25, -0.2) is 4.39 Å². The smallest absolute Gasteiger partial charge is 0.417 e. The summed E-state index contributed by atoms with van der Waals surface area (Å²) in [6, 6.07) is 3.96. The van der Waals surface area contributed by atoms with Crippen LogP contribution >= 0.6 is 0 Å². The number of rotatable bonds is 6. The van der Waals surface area contributed by atoms with Gasteiger partial charge in [-0.15, -0.1) is 0 Å². The number of aliphatic hydroxyl groups is 1. The molecule has 0 fully saturated rings. The summed E-state index contributed by atoms with van der Waals surface area (Å²) in [6.45, 7) is 2.04. The molecule has 1 atom stereocenters. The monoisotopic (exact) mass is 281 g/mol.